The Hall–Kier alpha value is -3.46. The highest BCUT2D eigenvalue weighted by molar-refractivity contribution is 5.90. The van der Waals surface area contributed by atoms with E-state index >= 15 is 0 Å². The average molecular weight is 360 g/mol. The standard InChI is InChI=1S/C21H20N4O2/c1-3-6-15-19-18(14(11-22)20(23)27-21(19)25-24-15)17-13-8-5-4-7-12(13)9-10-16(17)26-2/h4-5,7-10,18H,3,6,23H2,1-2H3,(H,24,25). The van der Waals surface area contributed by atoms with Gasteiger partial charge >= 0.3 is 0 Å². The number of H-pyrrole nitrogens is 1. The molecule has 0 fully saturated rings. The van der Waals surface area contributed by atoms with Gasteiger partial charge in [-0.3, -0.25) is 5.10 Å². The molecule has 3 N–H and O–H groups in total. The predicted octanol–water partition coefficient (Wildman–Crippen LogP) is 3.74. The maximum absolute atomic E-state index is 9.87. The van der Waals surface area contributed by atoms with E-state index in [0.29, 0.717) is 17.2 Å². The van der Waals surface area contributed by atoms with E-state index in [2.05, 4.69) is 23.2 Å². The van der Waals surface area contributed by atoms with Crippen LogP contribution in [0.4, 0.5) is 0 Å². The molecule has 1 unspecified atom stereocenters. The molecule has 4 rings (SSSR count). The van der Waals surface area contributed by atoms with Crippen LogP contribution in [0, 0.1) is 11.3 Å². The fourth-order valence-corrected chi connectivity index (χ4v) is 3.79. The number of ether oxygens (including phenoxy) is 2. The smallest absolute Gasteiger partial charge is 0.244 e. The summed E-state index contributed by atoms with van der Waals surface area (Å²) in [6.07, 6.45) is 1.74. The largest absolute Gasteiger partial charge is 0.496 e. The molecule has 1 aliphatic rings. The van der Waals surface area contributed by atoms with Crippen molar-refractivity contribution in [1.82, 2.24) is 10.2 Å². The number of hydrogen-bond acceptors (Lipinski definition) is 5. The van der Waals surface area contributed by atoms with Crippen molar-refractivity contribution in [2.24, 2.45) is 5.73 Å². The van der Waals surface area contributed by atoms with Crippen LogP contribution in [0.3, 0.4) is 0 Å². The quantitative estimate of drug-likeness (QED) is 0.739. The lowest BCUT2D eigenvalue weighted by Gasteiger charge is -2.26. The molecule has 3 aromatic rings. The fraction of sp³-hybridized carbons (Fsp3) is 0.238. The van der Waals surface area contributed by atoms with E-state index in [4.69, 9.17) is 15.2 Å². The first kappa shape index (κ1) is 17.0. The second-order valence-corrected chi connectivity index (χ2v) is 6.50. The number of aryl methyl sites for hydroxylation is 1. The van der Waals surface area contributed by atoms with Crippen molar-refractivity contribution < 1.29 is 9.47 Å². The molecule has 1 atom stereocenters. The summed E-state index contributed by atoms with van der Waals surface area (Å²) < 4.78 is 11.3. The Morgan fingerprint density at radius 1 is 1.26 bits per heavy atom. The number of nitrogens with two attached hydrogens (primary N) is 1. The van der Waals surface area contributed by atoms with Crippen molar-refractivity contribution in [3.05, 3.63) is 64.7 Å². The molecule has 0 saturated heterocycles. The van der Waals surface area contributed by atoms with Crippen LogP contribution in [0.5, 0.6) is 11.6 Å². The number of methoxy groups -OCH3 is 1. The second-order valence-electron chi connectivity index (χ2n) is 6.50. The molecule has 2 heterocycles. The van der Waals surface area contributed by atoms with Gasteiger partial charge in [-0.1, -0.05) is 43.7 Å². The van der Waals surface area contributed by atoms with Gasteiger partial charge < -0.3 is 15.2 Å². The third-order valence-corrected chi connectivity index (χ3v) is 4.96. The molecule has 0 spiro atoms. The molecule has 6 nitrogen and oxygen atoms in total. The van der Waals surface area contributed by atoms with Gasteiger partial charge in [0.25, 0.3) is 0 Å². The third-order valence-electron chi connectivity index (χ3n) is 4.96. The van der Waals surface area contributed by atoms with Gasteiger partial charge in [-0.25, -0.2) is 0 Å². The van der Waals surface area contributed by atoms with Gasteiger partial charge in [0, 0.05) is 11.3 Å². The van der Waals surface area contributed by atoms with Crippen molar-refractivity contribution in [2.45, 2.75) is 25.7 Å². The molecule has 2 aromatic carbocycles. The van der Waals surface area contributed by atoms with E-state index in [1.807, 2.05) is 36.4 Å². The predicted molar refractivity (Wildman–Crippen MR) is 102 cm³/mol. The maximum Gasteiger partial charge on any atom is 0.244 e. The number of aromatic nitrogens is 2. The normalized spacial score (nSPS) is 16.0. The summed E-state index contributed by atoms with van der Waals surface area (Å²) >= 11 is 0. The highest BCUT2D eigenvalue weighted by Crippen LogP contribution is 2.48. The maximum atomic E-state index is 9.87. The number of nitrogens with zero attached hydrogens (tertiary/aromatic N) is 2. The summed E-state index contributed by atoms with van der Waals surface area (Å²) in [4.78, 5) is 0. The lowest BCUT2D eigenvalue weighted by atomic mass is 9.80. The molecule has 1 aromatic heterocycles. The number of nitriles is 1. The number of nitrogens with one attached hydrogen (secondary N) is 1. The lowest BCUT2D eigenvalue weighted by molar-refractivity contribution is 0.375. The van der Waals surface area contributed by atoms with E-state index in [1.54, 1.807) is 7.11 Å². The lowest BCUT2D eigenvalue weighted by Crippen LogP contribution is -2.22. The summed E-state index contributed by atoms with van der Waals surface area (Å²) in [7, 11) is 1.63. The van der Waals surface area contributed by atoms with Crippen LogP contribution in [0.25, 0.3) is 10.8 Å². The van der Waals surface area contributed by atoms with Crippen LogP contribution in [0.15, 0.2) is 47.9 Å². The minimum atomic E-state index is -0.403. The van der Waals surface area contributed by atoms with Gasteiger partial charge in [0.1, 0.15) is 17.4 Å². The number of allylic oxidation sites excluding steroid dienone is 1. The minimum Gasteiger partial charge on any atom is -0.496 e. The summed E-state index contributed by atoms with van der Waals surface area (Å²) in [6, 6.07) is 14.2. The number of aromatic amines is 1. The summed E-state index contributed by atoms with van der Waals surface area (Å²) in [6.45, 7) is 2.10. The van der Waals surface area contributed by atoms with E-state index in [0.717, 1.165) is 40.4 Å². The molecule has 6 heteroatoms. The van der Waals surface area contributed by atoms with Crippen LogP contribution >= 0.6 is 0 Å². The number of hydrogen-bond donors (Lipinski definition) is 2. The van der Waals surface area contributed by atoms with Crippen molar-refractivity contribution in [3.63, 3.8) is 0 Å². The molecule has 0 saturated carbocycles. The zero-order valence-corrected chi connectivity index (χ0v) is 15.2. The highest BCUT2D eigenvalue weighted by Gasteiger charge is 2.37. The van der Waals surface area contributed by atoms with Gasteiger partial charge in [0.2, 0.25) is 11.8 Å². The van der Waals surface area contributed by atoms with Crippen molar-refractivity contribution in [3.8, 4) is 17.7 Å². The first-order valence-electron chi connectivity index (χ1n) is 8.89. The first-order chi connectivity index (χ1) is 13.2. The van der Waals surface area contributed by atoms with Gasteiger partial charge in [0.15, 0.2) is 0 Å². The fourth-order valence-electron chi connectivity index (χ4n) is 3.79. The number of rotatable bonds is 4. The highest BCUT2D eigenvalue weighted by atomic mass is 16.5. The monoisotopic (exact) mass is 360 g/mol. The first-order valence-corrected chi connectivity index (χ1v) is 8.89. The molecular weight excluding hydrogens is 340 g/mol. The Kier molecular flexibility index (Phi) is 4.21. The topological polar surface area (TPSA) is 97.0 Å². The Morgan fingerprint density at radius 2 is 2.07 bits per heavy atom. The summed E-state index contributed by atoms with van der Waals surface area (Å²) in [5.74, 6) is 0.810. The SMILES string of the molecule is CCCc1[nH]nc2c1C(c1c(OC)ccc3ccccc13)C(C#N)=C(N)O2. The van der Waals surface area contributed by atoms with Crippen LogP contribution in [0.1, 0.15) is 36.1 Å². The Bertz CT molecular complexity index is 1090. The Morgan fingerprint density at radius 3 is 2.81 bits per heavy atom. The van der Waals surface area contributed by atoms with Crippen LogP contribution in [-0.4, -0.2) is 17.3 Å². The third kappa shape index (κ3) is 2.59. The average Bonchev–Trinajstić information content (AvgIpc) is 3.08. The van der Waals surface area contributed by atoms with Gasteiger partial charge in [-0.15, -0.1) is 5.10 Å². The van der Waals surface area contributed by atoms with E-state index in [1.165, 1.54) is 0 Å². The molecule has 0 bridgehead atoms. The Balaban J connectivity index is 2.08. The van der Waals surface area contributed by atoms with E-state index < -0.39 is 5.92 Å². The zero-order valence-electron chi connectivity index (χ0n) is 15.2. The second kappa shape index (κ2) is 6.69. The molecule has 136 valence electrons. The zero-order chi connectivity index (χ0) is 19.0. The van der Waals surface area contributed by atoms with Gasteiger partial charge in [0.05, 0.1) is 18.6 Å². The Labute approximate surface area is 157 Å². The molecule has 0 amide bonds. The summed E-state index contributed by atoms with van der Waals surface area (Å²) in [5, 5.41) is 19.3. The van der Waals surface area contributed by atoms with E-state index in [-0.39, 0.29) is 5.88 Å². The molecular formula is C21H20N4O2. The van der Waals surface area contributed by atoms with E-state index in [9.17, 15) is 5.26 Å². The molecule has 1 aliphatic heterocycles. The van der Waals surface area contributed by atoms with Crippen molar-refractivity contribution in [2.75, 3.05) is 7.11 Å². The molecule has 0 aliphatic carbocycles. The van der Waals surface area contributed by atoms with Gasteiger partial charge in [-0.05, 0) is 23.3 Å². The van der Waals surface area contributed by atoms with Crippen LogP contribution in [0.2, 0.25) is 0 Å². The summed E-state index contributed by atoms with van der Waals surface area (Å²) in [5.41, 5.74) is 9.17. The van der Waals surface area contributed by atoms with Crippen LogP contribution in [-0.2, 0) is 6.42 Å². The van der Waals surface area contributed by atoms with Crippen LogP contribution < -0.4 is 15.2 Å². The van der Waals surface area contributed by atoms with Crippen molar-refractivity contribution >= 4 is 10.8 Å². The van der Waals surface area contributed by atoms with Crippen molar-refractivity contribution in [1.29, 1.82) is 5.26 Å². The number of fused-ring (bicyclic) bond motifs is 2. The van der Waals surface area contributed by atoms with Gasteiger partial charge in [-0.2, -0.15) is 5.26 Å². The number of benzene rings is 2. The molecule has 0 radical (unpaired) electrons. The molecule has 27 heavy (non-hydrogen) atoms. The minimum absolute atomic E-state index is 0.0829.